The maximum atomic E-state index is 13.7. The summed E-state index contributed by atoms with van der Waals surface area (Å²) in [5.74, 6) is 0.821. The van der Waals surface area contributed by atoms with Gasteiger partial charge in [0.25, 0.3) is 5.91 Å². The summed E-state index contributed by atoms with van der Waals surface area (Å²) in [5.41, 5.74) is 5.08. The Morgan fingerprint density at radius 1 is 0.946 bits per heavy atom. The number of rotatable bonds is 6. The minimum Gasteiger partial charge on any atom is -0.497 e. The van der Waals surface area contributed by atoms with Crippen LogP contribution in [0.5, 0.6) is 5.75 Å². The van der Waals surface area contributed by atoms with Crippen LogP contribution < -0.4 is 9.64 Å². The summed E-state index contributed by atoms with van der Waals surface area (Å²) in [5, 5.41) is 1.79. The molecular weight excluding hydrogens is 498 g/mol. The first-order valence-corrected chi connectivity index (χ1v) is 14.0. The molecule has 5 rings (SSSR count). The number of carbonyl (C=O) groups excluding carboxylic acids is 1. The topological polar surface area (TPSA) is 45.1 Å². The molecular formula is C30H29N3O2S2. The van der Waals surface area contributed by atoms with Gasteiger partial charge in [-0.3, -0.25) is 9.69 Å². The van der Waals surface area contributed by atoms with Gasteiger partial charge < -0.3 is 9.64 Å². The normalized spacial score (nSPS) is 18.6. The van der Waals surface area contributed by atoms with Gasteiger partial charge in [-0.05, 0) is 74.5 Å². The van der Waals surface area contributed by atoms with Crippen LogP contribution in [0.4, 0.5) is 11.4 Å². The second kappa shape index (κ2) is 10.9. The first-order chi connectivity index (χ1) is 18.0. The maximum Gasteiger partial charge on any atom is 0.267 e. The van der Waals surface area contributed by atoms with E-state index in [-0.39, 0.29) is 5.91 Å². The van der Waals surface area contributed by atoms with Gasteiger partial charge in [0, 0.05) is 23.6 Å². The molecule has 0 bridgehead atoms. The molecule has 7 heteroatoms. The smallest absolute Gasteiger partial charge is 0.267 e. The monoisotopic (exact) mass is 527 g/mol. The van der Waals surface area contributed by atoms with Gasteiger partial charge in [0.05, 0.1) is 28.4 Å². The summed E-state index contributed by atoms with van der Waals surface area (Å²) in [6.07, 6.45) is 2.15. The van der Waals surface area contributed by atoms with E-state index in [4.69, 9.17) is 9.73 Å². The van der Waals surface area contributed by atoms with Crippen molar-refractivity contribution < 1.29 is 9.53 Å². The fourth-order valence-electron chi connectivity index (χ4n) is 4.33. The highest BCUT2D eigenvalue weighted by molar-refractivity contribution is 8.18. The number of likely N-dealkylation sites (N-methyl/N-ethyl adjacent to an activating group) is 1. The number of methoxy groups -OCH3 is 1. The van der Waals surface area contributed by atoms with Gasteiger partial charge in [-0.1, -0.05) is 59.8 Å². The van der Waals surface area contributed by atoms with Gasteiger partial charge in [0.2, 0.25) is 0 Å². The number of aliphatic imine (C=N–C) groups is 1. The largest absolute Gasteiger partial charge is 0.497 e. The van der Waals surface area contributed by atoms with E-state index in [1.807, 2.05) is 55.5 Å². The maximum absolute atomic E-state index is 13.7. The van der Waals surface area contributed by atoms with E-state index < -0.39 is 0 Å². The molecule has 2 aliphatic heterocycles. The van der Waals surface area contributed by atoms with Crippen LogP contribution in [0.1, 0.15) is 25.0 Å². The minimum absolute atomic E-state index is 0.0145. The summed E-state index contributed by atoms with van der Waals surface area (Å²) >= 11 is 3.15. The molecule has 0 unspecified atom stereocenters. The highest BCUT2D eigenvalue weighted by Gasteiger charge is 2.35. The Morgan fingerprint density at radius 2 is 1.68 bits per heavy atom. The number of aryl methyl sites for hydroxylation is 1. The predicted molar refractivity (Wildman–Crippen MR) is 157 cm³/mol. The Bertz CT molecular complexity index is 1410. The van der Waals surface area contributed by atoms with Crippen molar-refractivity contribution >= 4 is 51.5 Å². The van der Waals surface area contributed by atoms with Crippen molar-refractivity contribution in [3.05, 3.63) is 99.9 Å². The molecule has 2 aliphatic rings. The fourth-order valence-corrected chi connectivity index (χ4v) is 6.67. The van der Waals surface area contributed by atoms with Crippen molar-refractivity contribution in [1.29, 1.82) is 0 Å². The predicted octanol–water partition coefficient (Wildman–Crippen LogP) is 7.47. The quantitative estimate of drug-likeness (QED) is 0.311. The van der Waals surface area contributed by atoms with Crippen molar-refractivity contribution in [3.63, 3.8) is 0 Å². The van der Waals surface area contributed by atoms with Crippen LogP contribution in [0, 0.1) is 6.92 Å². The van der Waals surface area contributed by atoms with E-state index in [2.05, 4.69) is 49.1 Å². The molecule has 2 heterocycles. The van der Waals surface area contributed by atoms with Crippen molar-refractivity contribution in [2.45, 2.75) is 25.7 Å². The number of fused-ring (bicyclic) bond motifs is 1. The van der Waals surface area contributed by atoms with Gasteiger partial charge in [0.15, 0.2) is 5.17 Å². The summed E-state index contributed by atoms with van der Waals surface area (Å²) in [4.78, 5) is 24.5. The Balaban J connectivity index is 1.61. The summed E-state index contributed by atoms with van der Waals surface area (Å²) in [6, 6.07) is 24.4. The number of anilines is 1. The van der Waals surface area contributed by atoms with Crippen molar-refractivity contribution in [2.75, 3.05) is 25.1 Å². The summed E-state index contributed by atoms with van der Waals surface area (Å²) in [6.45, 7) is 7.56. The lowest BCUT2D eigenvalue weighted by Gasteiger charge is -2.19. The molecule has 1 saturated heterocycles. The van der Waals surface area contributed by atoms with E-state index in [0.29, 0.717) is 16.6 Å². The molecule has 0 aliphatic carbocycles. The SMILES string of the molecule is CCN1C(=O)C(=C(C=C2Sc3cc(OC)ccc3N2CC)c2ccccc2)SC1=Nc1ccc(C)cc1. The Morgan fingerprint density at radius 3 is 2.35 bits per heavy atom. The molecule has 1 amide bonds. The molecule has 3 aromatic carbocycles. The van der Waals surface area contributed by atoms with Gasteiger partial charge >= 0.3 is 0 Å². The molecule has 0 radical (unpaired) electrons. The number of amidine groups is 1. The zero-order chi connectivity index (χ0) is 25.9. The highest BCUT2D eigenvalue weighted by atomic mass is 32.2. The minimum atomic E-state index is -0.0145. The second-order valence-electron chi connectivity index (χ2n) is 8.65. The highest BCUT2D eigenvalue weighted by Crippen LogP contribution is 2.49. The summed E-state index contributed by atoms with van der Waals surface area (Å²) in [7, 11) is 1.69. The van der Waals surface area contributed by atoms with Gasteiger partial charge in [0.1, 0.15) is 5.75 Å². The van der Waals surface area contributed by atoms with Crippen LogP contribution in [-0.4, -0.2) is 36.2 Å². The number of nitrogens with zero attached hydrogens (tertiary/aromatic N) is 3. The lowest BCUT2D eigenvalue weighted by molar-refractivity contribution is -0.122. The molecule has 0 spiro atoms. The number of hydrogen-bond acceptors (Lipinski definition) is 6. The number of amides is 1. The van der Waals surface area contributed by atoms with Crippen molar-refractivity contribution in [2.24, 2.45) is 4.99 Å². The third-order valence-corrected chi connectivity index (χ3v) is 8.48. The fraction of sp³-hybridized carbons (Fsp3) is 0.200. The van der Waals surface area contributed by atoms with E-state index >= 15 is 0 Å². The number of hydrogen-bond donors (Lipinski definition) is 0. The zero-order valence-electron chi connectivity index (χ0n) is 21.4. The number of thioether (sulfide) groups is 2. The number of ether oxygens (including phenoxy) is 1. The van der Waals surface area contributed by atoms with Crippen LogP contribution >= 0.6 is 23.5 Å². The third kappa shape index (κ3) is 5.06. The van der Waals surface area contributed by atoms with Gasteiger partial charge in [-0.25, -0.2) is 4.99 Å². The van der Waals surface area contributed by atoms with E-state index in [9.17, 15) is 4.79 Å². The molecule has 5 nitrogen and oxygen atoms in total. The number of benzene rings is 3. The average molecular weight is 528 g/mol. The van der Waals surface area contributed by atoms with Crippen molar-refractivity contribution in [1.82, 2.24) is 4.90 Å². The van der Waals surface area contributed by atoms with Crippen molar-refractivity contribution in [3.8, 4) is 5.75 Å². The number of allylic oxidation sites excluding steroid dienone is 2. The standard InChI is InChI=1S/C30H29N3O2S2/c1-5-32-25-17-16-23(35-4)18-26(25)36-27(32)19-24(21-10-8-7-9-11-21)28-29(34)33(6-2)30(37-28)31-22-14-12-20(3)13-15-22/h7-19H,5-6H2,1-4H3. The van der Waals surface area contributed by atoms with Crippen LogP contribution in [0.15, 0.2) is 98.7 Å². The first-order valence-electron chi connectivity index (χ1n) is 12.3. The van der Waals surface area contributed by atoms with Gasteiger partial charge in [-0.2, -0.15) is 0 Å². The van der Waals surface area contributed by atoms with E-state index in [0.717, 1.165) is 44.7 Å². The second-order valence-corrected chi connectivity index (χ2v) is 10.7. The van der Waals surface area contributed by atoms with Crippen LogP contribution in [0.3, 0.4) is 0 Å². The number of carbonyl (C=O) groups is 1. The third-order valence-electron chi connectivity index (χ3n) is 6.29. The van der Waals surface area contributed by atoms with Gasteiger partial charge in [-0.15, -0.1) is 0 Å². The Labute approximate surface area is 226 Å². The van der Waals surface area contributed by atoms with E-state index in [1.54, 1.807) is 23.8 Å². The molecule has 1 fully saturated rings. The lowest BCUT2D eigenvalue weighted by atomic mass is 10.0. The average Bonchev–Trinajstić information content (AvgIpc) is 3.43. The molecule has 0 N–H and O–H groups in total. The first kappa shape index (κ1) is 25.2. The Kier molecular flexibility index (Phi) is 7.44. The zero-order valence-corrected chi connectivity index (χ0v) is 23.0. The lowest BCUT2D eigenvalue weighted by Crippen LogP contribution is -2.28. The molecule has 3 aromatic rings. The molecule has 0 atom stereocenters. The van der Waals surface area contributed by atoms with E-state index in [1.165, 1.54) is 17.3 Å². The van der Waals surface area contributed by atoms with Crippen LogP contribution in [-0.2, 0) is 4.79 Å². The van der Waals surface area contributed by atoms with Crippen LogP contribution in [0.25, 0.3) is 5.57 Å². The molecule has 188 valence electrons. The Hall–Kier alpha value is -3.42. The van der Waals surface area contributed by atoms with Crippen LogP contribution in [0.2, 0.25) is 0 Å². The summed E-state index contributed by atoms with van der Waals surface area (Å²) < 4.78 is 5.45. The molecule has 0 saturated carbocycles. The molecule has 37 heavy (non-hydrogen) atoms. The molecule has 0 aromatic heterocycles.